The van der Waals surface area contributed by atoms with Crippen LogP contribution >= 0.6 is 0 Å². The minimum Gasteiger partial charge on any atom is -0.488 e. The van der Waals surface area contributed by atoms with Gasteiger partial charge in [-0.2, -0.15) is 0 Å². The van der Waals surface area contributed by atoms with Gasteiger partial charge in [-0.25, -0.2) is 0 Å². The monoisotopic (exact) mass is 356 g/mol. The van der Waals surface area contributed by atoms with Gasteiger partial charge in [0.2, 0.25) is 5.91 Å². The SMILES string of the molecule is CCCCNC(=O)C1CCC(C)N(C(=O)C2=Cc3ccccc3OC2)C1. The van der Waals surface area contributed by atoms with Crippen molar-refractivity contribution in [2.45, 2.75) is 45.6 Å². The van der Waals surface area contributed by atoms with Crippen LogP contribution in [0.2, 0.25) is 0 Å². The van der Waals surface area contributed by atoms with Crippen molar-refractivity contribution in [2.24, 2.45) is 5.92 Å². The molecule has 0 aromatic heterocycles. The fraction of sp³-hybridized carbons (Fsp3) is 0.524. The molecule has 0 bridgehead atoms. The average Bonchev–Trinajstić information content (AvgIpc) is 2.67. The quantitative estimate of drug-likeness (QED) is 0.825. The third-order valence-electron chi connectivity index (χ3n) is 5.25. The van der Waals surface area contributed by atoms with E-state index in [0.29, 0.717) is 18.7 Å². The van der Waals surface area contributed by atoms with Gasteiger partial charge in [-0.1, -0.05) is 31.5 Å². The molecule has 1 saturated heterocycles. The molecule has 2 aliphatic rings. The third kappa shape index (κ3) is 4.09. The van der Waals surface area contributed by atoms with Gasteiger partial charge in [-0.3, -0.25) is 9.59 Å². The number of nitrogens with zero attached hydrogens (tertiary/aromatic N) is 1. The molecule has 0 saturated carbocycles. The summed E-state index contributed by atoms with van der Waals surface area (Å²) < 4.78 is 5.73. The lowest BCUT2D eigenvalue weighted by molar-refractivity contribution is -0.135. The van der Waals surface area contributed by atoms with Crippen LogP contribution in [0.25, 0.3) is 6.08 Å². The summed E-state index contributed by atoms with van der Waals surface area (Å²) in [5.74, 6) is 0.744. The van der Waals surface area contributed by atoms with Crippen molar-refractivity contribution < 1.29 is 14.3 Å². The van der Waals surface area contributed by atoms with Gasteiger partial charge in [-0.05, 0) is 38.3 Å². The van der Waals surface area contributed by atoms with E-state index in [1.165, 1.54) is 0 Å². The molecular formula is C21H28N2O3. The van der Waals surface area contributed by atoms with E-state index >= 15 is 0 Å². The molecule has 0 aliphatic carbocycles. The van der Waals surface area contributed by atoms with Crippen molar-refractivity contribution in [3.8, 4) is 5.75 Å². The highest BCUT2D eigenvalue weighted by molar-refractivity contribution is 5.99. The molecule has 1 N–H and O–H groups in total. The lowest BCUT2D eigenvalue weighted by Crippen LogP contribution is -2.50. The maximum atomic E-state index is 13.0. The first-order valence-corrected chi connectivity index (χ1v) is 9.61. The predicted octanol–water partition coefficient (Wildman–Crippen LogP) is 3.01. The second-order valence-corrected chi connectivity index (χ2v) is 7.22. The summed E-state index contributed by atoms with van der Waals surface area (Å²) in [7, 11) is 0. The number of fused-ring (bicyclic) bond motifs is 1. The molecule has 0 radical (unpaired) electrons. The Bertz CT molecular complexity index is 698. The Balaban J connectivity index is 1.68. The predicted molar refractivity (Wildman–Crippen MR) is 102 cm³/mol. The number of ether oxygens (including phenoxy) is 1. The van der Waals surface area contributed by atoms with Crippen LogP contribution in [0.3, 0.4) is 0 Å². The van der Waals surface area contributed by atoms with Crippen molar-refractivity contribution in [3.05, 3.63) is 35.4 Å². The lowest BCUT2D eigenvalue weighted by Gasteiger charge is -2.38. The topological polar surface area (TPSA) is 58.6 Å². The first-order chi connectivity index (χ1) is 12.6. The van der Waals surface area contributed by atoms with Crippen molar-refractivity contribution in [2.75, 3.05) is 19.7 Å². The van der Waals surface area contributed by atoms with Crippen LogP contribution in [0.15, 0.2) is 29.8 Å². The van der Waals surface area contributed by atoms with Gasteiger partial charge in [0, 0.05) is 24.7 Å². The first kappa shape index (κ1) is 18.5. The number of carbonyl (C=O) groups is 2. The largest absolute Gasteiger partial charge is 0.488 e. The van der Waals surface area contributed by atoms with Crippen LogP contribution in [-0.2, 0) is 9.59 Å². The number of amides is 2. The van der Waals surface area contributed by atoms with Crippen molar-refractivity contribution in [3.63, 3.8) is 0 Å². The van der Waals surface area contributed by atoms with E-state index < -0.39 is 0 Å². The highest BCUT2D eigenvalue weighted by atomic mass is 16.5. The summed E-state index contributed by atoms with van der Waals surface area (Å²) in [6.07, 6.45) is 5.64. The minimum atomic E-state index is -0.121. The fourth-order valence-electron chi connectivity index (χ4n) is 3.56. The number of hydrogen-bond donors (Lipinski definition) is 1. The zero-order valence-corrected chi connectivity index (χ0v) is 15.7. The van der Waals surface area contributed by atoms with Crippen LogP contribution < -0.4 is 10.1 Å². The van der Waals surface area contributed by atoms with E-state index in [-0.39, 0.29) is 30.4 Å². The molecule has 2 heterocycles. The first-order valence-electron chi connectivity index (χ1n) is 9.61. The molecule has 26 heavy (non-hydrogen) atoms. The summed E-state index contributed by atoms with van der Waals surface area (Å²) in [5, 5.41) is 3.00. The van der Waals surface area contributed by atoms with Gasteiger partial charge in [-0.15, -0.1) is 0 Å². The molecule has 5 heteroatoms. The molecule has 0 spiro atoms. The van der Waals surface area contributed by atoms with E-state index in [4.69, 9.17) is 4.74 Å². The molecule has 1 aromatic rings. The zero-order chi connectivity index (χ0) is 18.5. The van der Waals surface area contributed by atoms with Crippen LogP contribution in [0.5, 0.6) is 5.75 Å². The van der Waals surface area contributed by atoms with Gasteiger partial charge in [0.15, 0.2) is 0 Å². The number of hydrogen-bond acceptors (Lipinski definition) is 3. The smallest absolute Gasteiger partial charge is 0.253 e. The number of nitrogens with one attached hydrogen (secondary N) is 1. The van der Waals surface area contributed by atoms with E-state index in [1.807, 2.05) is 35.2 Å². The Morgan fingerprint density at radius 1 is 1.27 bits per heavy atom. The summed E-state index contributed by atoms with van der Waals surface area (Å²) in [6.45, 7) is 5.64. The number of para-hydroxylation sites is 1. The summed E-state index contributed by atoms with van der Waals surface area (Å²) in [5.41, 5.74) is 1.59. The Morgan fingerprint density at radius 3 is 2.88 bits per heavy atom. The van der Waals surface area contributed by atoms with Crippen LogP contribution in [0, 0.1) is 5.92 Å². The van der Waals surface area contributed by atoms with Gasteiger partial charge < -0.3 is 15.0 Å². The maximum absolute atomic E-state index is 13.0. The summed E-state index contributed by atoms with van der Waals surface area (Å²) in [4.78, 5) is 27.3. The number of carbonyl (C=O) groups excluding carboxylic acids is 2. The van der Waals surface area contributed by atoms with Gasteiger partial charge >= 0.3 is 0 Å². The fourth-order valence-corrected chi connectivity index (χ4v) is 3.56. The van der Waals surface area contributed by atoms with Gasteiger partial charge in [0.25, 0.3) is 5.91 Å². The van der Waals surface area contributed by atoms with Gasteiger partial charge in [0.1, 0.15) is 12.4 Å². The molecule has 1 aromatic carbocycles. The second-order valence-electron chi connectivity index (χ2n) is 7.22. The molecule has 140 valence electrons. The molecule has 1 fully saturated rings. The summed E-state index contributed by atoms with van der Waals surface area (Å²) in [6, 6.07) is 7.86. The van der Waals surface area contributed by atoms with E-state index in [2.05, 4.69) is 19.2 Å². The maximum Gasteiger partial charge on any atom is 0.253 e. The molecule has 2 aliphatic heterocycles. The Labute approximate surface area is 155 Å². The Hall–Kier alpha value is -2.30. The van der Waals surface area contributed by atoms with Crippen molar-refractivity contribution >= 4 is 17.9 Å². The Kier molecular flexibility index (Phi) is 5.96. The third-order valence-corrected chi connectivity index (χ3v) is 5.25. The second kappa shape index (κ2) is 8.39. The number of benzene rings is 1. The van der Waals surface area contributed by atoms with Crippen molar-refractivity contribution in [1.29, 1.82) is 0 Å². The van der Waals surface area contributed by atoms with E-state index in [0.717, 1.165) is 37.0 Å². The minimum absolute atomic E-state index is 0.0157. The highest BCUT2D eigenvalue weighted by Crippen LogP contribution is 2.29. The van der Waals surface area contributed by atoms with Crippen molar-refractivity contribution in [1.82, 2.24) is 10.2 Å². The number of rotatable bonds is 5. The normalized spacial score (nSPS) is 22.1. The van der Waals surface area contributed by atoms with Crippen LogP contribution in [0.4, 0.5) is 0 Å². The standard InChI is InChI=1S/C21H28N2O3/c1-3-4-11-22-20(24)17-10-9-15(2)23(13-17)21(25)18-12-16-7-5-6-8-19(16)26-14-18/h5-8,12,15,17H,3-4,9-11,13-14H2,1-2H3,(H,22,24). The van der Waals surface area contributed by atoms with E-state index in [9.17, 15) is 9.59 Å². The molecular weight excluding hydrogens is 328 g/mol. The molecule has 5 nitrogen and oxygen atoms in total. The molecule has 2 atom stereocenters. The summed E-state index contributed by atoms with van der Waals surface area (Å²) >= 11 is 0. The number of unbranched alkanes of at least 4 members (excludes halogenated alkanes) is 1. The molecule has 2 amide bonds. The average molecular weight is 356 g/mol. The van der Waals surface area contributed by atoms with Gasteiger partial charge in [0.05, 0.1) is 11.5 Å². The molecule has 3 rings (SSSR count). The van der Waals surface area contributed by atoms with E-state index in [1.54, 1.807) is 0 Å². The highest BCUT2D eigenvalue weighted by Gasteiger charge is 2.34. The Morgan fingerprint density at radius 2 is 2.08 bits per heavy atom. The number of piperidine rings is 1. The number of likely N-dealkylation sites (tertiary alicyclic amines) is 1. The van der Waals surface area contributed by atoms with Crippen LogP contribution in [-0.4, -0.2) is 42.5 Å². The van der Waals surface area contributed by atoms with Crippen LogP contribution in [0.1, 0.15) is 45.1 Å². The zero-order valence-electron chi connectivity index (χ0n) is 15.7. The molecule has 2 unspecified atom stereocenters. The lowest BCUT2D eigenvalue weighted by atomic mass is 9.91.